The van der Waals surface area contributed by atoms with Crippen molar-refractivity contribution in [3.63, 3.8) is 0 Å². The summed E-state index contributed by atoms with van der Waals surface area (Å²) in [6.45, 7) is 6.33. The van der Waals surface area contributed by atoms with Gasteiger partial charge in [0.15, 0.2) is 0 Å². The summed E-state index contributed by atoms with van der Waals surface area (Å²) in [5.74, 6) is 1.37. The molecule has 2 unspecified atom stereocenters. The summed E-state index contributed by atoms with van der Waals surface area (Å²) in [7, 11) is 0. The van der Waals surface area contributed by atoms with Gasteiger partial charge in [-0.05, 0) is 48.2 Å². The molecule has 21 heavy (non-hydrogen) atoms. The molecule has 0 spiro atoms. The van der Waals surface area contributed by atoms with Gasteiger partial charge in [-0.25, -0.2) is 0 Å². The predicted molar refractivity (Wildman–Crippen MR) is 91.7 cm³/mol. The molecule has 0 saturated carbocycles. The number of ether oxygens (including phenoxy) is 1. The zero-order chi connectivity index (χ0) is 15.4. The highest BCUT2D eigenvalue weighted by molar-refractivity contribution is 9.10. The van der Waals surface area contributed by atoms with Crippen LogP contribution in [0, 0.1) is 0 Å². The maximum atomic E-state index is 6.11. The fourth-order valence-electron chi connectivity index (χ4n) is 2.24. The minimum absolute atomic E-state index is 0.0934. The van der Waals surface area contributed by atoms with Crippen molar-refractivity contribution in [1.29, 1.82) is 0 Å². The van der Waals surface area contributed by atoms with Gasteiger partial charge in [0.1, 0.15) is 11.9 Å². The van der Waals surface area contributed by atoms with Gasteiger partial charge in [0.05, 0.1) is 0 Å². The SMILES string of the molecule is CC(C)c1ccc(OC(c2cccc(Br)c2)C(C)N)cc1. The molecule has 0 saturated heterocycles. The standard InChI is InChI=1S/C18H22BrNO/c1-12(2)14-7-9-17(10-8-14)21-18(13(3)20)15-5-4-6-16(19)11-15/h4-13,18H,20H2,1-3H3. The van der Waals surface area contributed by atoms with E-state index in [1.165, 1.54) is 5.56 Å². The quantitative estimate of drug-likeness (QED) is 0.822. The Hall–Kier alpha value is -1.32. The van der Waals surface area contributed by atoms with Crippen molar-refractivity contribution in [1.82, 2.24) is 0 Å². The molecule has 0 fully saturated rings. The maximum absolute atomic E-state index is 6.11. The van der Waals surface area contributed by atoms with E-state index in [4.69, 9.17) is 10.5 Å². The molecule has 2 N–H and O–H groups in total. The highest BCUT2D eigenvalue weighted by Gasteiger charge is 2.18. The van der Waals surface area contributed by atoms with Gasteiger partial charge in [0, 0.05) is 10.5 Å². The van der Waals surface area contributed by atoms with Gasteiger partial charge < -0.3 is 10.5 Å². The van der Waals surface area contributed by atoms with Gasteiger partial charge in [0.25, 0.3) is 0 Å². The summed E-state index contributed by atoms with van der Waals surface area (Å²) in [5.41, 5.74) is 8.49. The molecule has 0 radical (unpaired) electrons. The van der Waals surface area contributed by atoms with E-state index in [0.29, 0.717) is 5.92 Å². The van der Waals surface area contributed by atoms with E-state index in [1.807, 2.05) is 37.3 Å². The van der Waals surface area contributed by atoms with Crippen molar-refractivity contribution in [2.24, 2.45) is 5.73 Å². The molecule has 0 aromatic heterocycles. The number of rotatable bonds is 5. The van der Waals surface area contributed by atoms with Gasteiger partial charge in [-0.15, -0.1) is 0 Å². The van der Waals surface area contributed by atoms with Gasteiger partial charge >= 0.3 is 0 Å². The lowest BCUT2D eigenvalue weighted by Gasteiger charge is -2.23. The Bertz CT molecular complexity index is 578. The van der Waals surface area contributed by atoms with E-state index < -0.39 is 0 Å². The highest BCUT2D eigenvalue weighted by Crippen LogP contribution is 2.27. The van der Waals surface area contributed by atoms with Crippen molar-refractivity contribution in [2.75, 3.05) is 0 Å². The lowest BCUT2D eigenvalue weighted by molar-refractivity contribution is 0.180. The third-order valence-electron chi connectivity index (χ3n) is 3.46. The van der Waals surface area contributed by atoms with E-state index in [0.717, 1.165) is 15.8 Å². The van der Waals surface area contributed by atoms with Gasteiger partial charge in [-0.1, -0.05) is 54.0 Å². The number of nitrogens with two attached hydrogens (primary N) is 1. The summed E-state index contributed by atoms with van der Waals surface area (Å²) in [6, 6.07) is 16.3. The van der Waals surface area contributed by atoms with Crippen LogP contribution in [-0.2, 0) is 0 Å². The molecule has 2 rings (SSSR count). The molecule has 0 aliphatic carbocycles. The van der Waals surface area contributed by atoms with Crippen LogP contribution in [0.2, 0.25) is 0 Å². The molecule has 0 amide bonds. The molecule has 112 valence electrons. The van der Waals surface area contributed by atoms with Crippen molar-refractivity contribution < 1.29 is 4.74 Å². The van der Waals surface area contributed by atoms with E-state index >= 15 is 0 Å². The molecule has 0 bridgehead atoms. The van der Waals surface area contributed by atoms with Crippen LogP contribution in [0.3, 0.4) is 0 Å². The number of halogens is 1. The van der Waals surface area contributed by atoms with Crippen LogP contribution >= 0.6 is 15.9 Å². The zero-order valence-corrected chi connectivity index (χ0v) is 14.3. The predicted octanol–water partition coefficient (Wildman–Crippen LogP) is 5.04. The fraction of sp³-hybridized carbons (Fsp3) is 0.333. The van der Waals surface area contributed by atoms with Crippen LogP contribution in [0.1, 0.15) is 43.9 Å². The first-order valence-corrected chi connectivity index (χ1v) is 8.04. The molecule has 3 heteroatoms. The minimum Gasteiger partial charge on any atom is -0.484 e. The first-order valence-electron chi connectivity index (χ1n) is 7.25. The Morgan fingerprint density at radius 3 is 2.14 bits per heavy atom. The van der Waals surface area contributed by atoms with E-state index in [2.05, 4.69) is 48.0 Å². The Kier molecular flexibility index (Phi) is 5.43. The van der Waals surface area contributed by atoms with Crippen LogP contribution < -0.4 is 10.5 Å². The van der Waals surface area contributed by atoms with E-state index in [-0.39, 0.29) is 12.1 Å². The number of benzene rings is 2. The van der Waals surface area contributed by atoms with E-state index in [1.54, 1.807) is 0 Å². The lowest BCUT2D eigenvalue weighted by Crippen LogP contribution is -2.29. The summed E-state index contributed by atoms with van der Waals surface area (Å²) < 4.78 is 7.14. The smallest absolute Gasteiger partial charge is 0.138 e. The third kappa shape index (κ3) is 4.32. The number of hydrogen-bond donors (Lipinski definition) is 1. The lowest BCUT2D eigenvalue weighted by atomic mass is 10.0. The van der Waals surface area contributed by atoms with Crippen LogP contribution in [-0.4, -0.2) is 6.04 Å². The maximum Gasteiger partial charge on any atom is 0.138 e. The summed E-state index contributed by atoms with van der Waals surface area (Å²) in [6.07, 6.45) is -0.160. The van der Waals surface area contributed by atoms with E-state index in [9.17, 15) is 0 Å². The Balaban J connectivity index is 2.20. The van der Waals surface area contributed by atoms with Crippen LogP contribution in [0.15, 0.2) is 53.0 Å². The zero-order valence-electron chi connectivity index (χ0n) is 12.7. The average molecular weight is 348 g/mol. The third-order valence-corrected chi connectivity index (χ3v) is 3.96. The van der Waals surface area contributed by atoms with Crippen molar-refractivity contribution >= 4 is 15.9 Å². The van der Waals surface area contributed by atoms with Crippen LogP contribution in [0.25, 0.3) is 0 Å². The van der Waals surface area contributed by atoms with Crippen LogP contribution in [0.4, 0.5) is 0 Å². The largest absolute Gasteiger partial charge is 0.484 e. The topological polar surface area (TPSA) is 35.2 Å². The Morgan fingerprint density at radius 1 is 0.952 bits per heavy atom. The first-order chi connectivity index (χ1) is 9.97. The first kappa shape index (κ1) is 16.1. The molecule has 2 aromatic rings. The van der Waals surface area contributed by atoms with Gasteiger partial charge in [0.2, 0.25) is 0 Å². The van der Waals surface area contributed by atoms with Crippen molar-refractivity contribution in [3.8, 4) is 5.75 Å². The van der Waals surface area contributed by atoms with Crippen molar-refractivity contribution in [3.05, 3.63) is 64.1 Å². The summed E-state index contributed by atoms with van der Waals surface area (Å²) >= 11 is 3.49. The fourth-order valence-corrected chi connectivity index (χ4v) is 2.66. The van der Waals surface area contributed by atoms with Gasteiger partial charge in [-0.3, -0.25) is 0 Å². The molecule has 2 aromatic carbocycles. The van der Waals surface area contributed by atoms with Gasteiger partial charge in [-0.2, -0.15) is 0 Å². The summed E-state index contributed by atoms with van der Waals surface area (Å²) in [5, 5.41) is 0. The molecule has 2 atom stereocenters. The molecular formula is C18H22BrNO. The monoisotopic (exact) mass is 347 g/mol. The molecular weight excluding hydrogens is 326 g/mol. The van der Waals surface area contributed by atoms with Crippen LogP contribution in [0.5, 0.6) is 5.75 Å². The number of hydrogen-bond acceptors (Lipinski definition) is 2. The second kappa shape index (κ2) is 7.10. The van der Waals surface area contributed by atoms with Crippen molar-refractivity contribution in [2.45, 2.75) is 38.8 Å². The molecule has 0 heterocycles. The Morgan fingerprint density at radius 2 is 1.62 bits per heavy atom. The normalized spacial score (nSPS) is 14.0. The second-order valence-electron chi connectivity index (χ2n) is 5.68. The molecule has 0 aliphatic heterocycles. The summed E-state index contributed by atoms with van der Waals surface area (Å²) in [4.78, 5) is 0. The Labute approximate surface area is 135 Å². The molecule has 0 aliphatic rings. The highest BCUT2D eigenvalue weighted by atomic mass is 79.9. The minimum atomic E-state index is -0.160. The second-order valence-corrected chi connectivity index (χ2v) is 6.59. The molecule has 2 nitrogen and oxygen atoms in total. The average Bonchev–Trinajstić information content (AvgIpc) is 2.45.